The Bertz CT molecular complexity index is 701. The molecule has 0 fully saturated rings. The molecule has 2 N–H and O–H groups in total. The molecule has 0 aliphatic carbocycles. The minimum atomic E-state index is -0.105. The van der Waals surface area contributed by atoms with Crippen molar-refractivity contribution in [2.45, 2.75) is 46.0 Å². The summed E-state index contributed by atoms with van der Waals surface area (Å²) in [5.41, 5.74) is 1.61. The summed E-state index contributed by atoms with van der Waals surface area (Å²) in [5, 5.41) is 5.99. The maximum absolute atomic E-state index is 12.1. The molecule has 5 heteroatoms. The molecule has 0 saturated carbocycles. The van der Waals surface area contributed by atoms with Crippen molar-refractivity contribution in [2.75, 3.05) is 30.4 Å². The molecule has 0 saturated heterocycles. The minimum absolute atomic E-state index is 0.105. The number of unbranched alkanes of at least 4 members (excludes halogenated alkanes) is 4. The van der Waals surface area contributed by atoms with Crippen molar-refractivity contribution in [2.24, 2.45) is 0 Å². The number of carbonyl (C=O) groups excluding carboxylic acids is 1. The van der Waals surface area contributed by atoms with E-state index in [-0.39, 0.29) is 12.5 Å². The zero-order chi connectivity index (χ0) is 20.0. The first-order chi connectivity index (χ1) is 13.7. The average Bonchev–Trinajstić information content (AvgIpc) is 2.71. The topological polar surface area (TPSA) is 59.6 Å². The van der Waals surface area contributed by atoms with Crippen LogP contribution in [0.2, 0.25) is 0 Å². The van der Waals surface area contributed by atoms with Crippen LogP contribution in [0, 0.1) is 0 Å². The van der Waals surface area contributed by atoms with Gasteiger partial charge in [-0.1, -0.05) is 38.7 Å². The standard InChI is InChI=1S/C23H32N2O3/c1-3-5-6-7-8-16-28-21-14-12-19(13-15-21)25-23(26)18-24-20-10-9-11-22(17-20)27-4-2/h9-15,17,24H,3-8,16,18H2,1-2H3,(H,25,26). The van der Waals surface area contributed by atoms with Gasteiger partial charge in [0.15, 0.2) is 0 Å². The Labute approximate surface area is 168 Å². The highest BCUT2D eigenvalue weighted by molar-refractivity contribution is 5.93. The highest BCUT2D eigenvalue weighted by atomic mass is 16.5. The highest BCUT2D eigenvalue weighted by Gasteiger charge is 2.04. The molecule has 0 aliphatic rings. The first-order valence-corrected chi connectivity index (χ1v) is 10.2. The van der Waals surface area contributed by atoms with E-state index in [4.69, 9.17) is 9.47 Å². The van der Waals surface area contributed by atoms with Gasteiger partial charge in [0.25, 0.3) is 0 Å². The number of hydrogen-bond donors (Lipinski definition) is 2. The van der Waals surface area contributed by atoms with Crippen molar-refractivity contribution in [1.82, 2.24) is 0 Å². The molecule has 0 atom stereocenters. The number of anilines is 2. The fraction of sp³-hybridized carbons (Fsp3) is 0.435. The SMILES string of the molecule is CCCCCCCOc1ccc(NC(=O)CNc2cccc(OCC)c2)cc1. The largest absolute Gasteiger partial charge is 0.494 e. The van der Waals surface area contributed by atoms with Gasteiger partial charge in [-0.3, -0.25) is 4.79 Å². The van der Waals surface area contributed by atoms with Crippen LogP contribution in [0.4, 0.5) is 11.4 Å². The maximum atomic E-state index is 12.1. The Morgan fingerprint density at radius 3 is 2.39 bits per heavy atom. The zero-order valence-corrected chi connectivity index (χ0v) is 17.0. The minimum Gasteiger partial charge on any atom is -0.494 e. The van der Waals surface area contributed by atoms with Gasteiger partial charge in [0.1, 0.15) is 11.5 Å². The fourth-order valence-electron chi connectivity index (χ4n) is 2.78. The van der Waals surface area contributed by atoms with Crippen molar-refractivity contribution >= 4 is 17.3 Å². The monoisotopic (exact) mass is 384 g/mol. The lowest BCUT2D eigenvalue weighted by molar-refractivity contribution is -0.114. The van der Waals surface area contributed by atoms with E-state index in [1.165, 1.54) is 25.7 Å². The van der Waals surface area contributed by atoms with E-state index in [1.54, 1.807) is 0 Å². The van der Waals surface area contributed by atoms with Crippen LogP contribution in [0.15, 0.2) is 48.5 Å². The molecule has 0 aromatic heterocycles. The van der Waals surface area contributed by atoms with Gasteiger partial charge in [-0.05, 0) is 49.7 Å². The van der Waals surface area contributed by atoms with Gasteiger partial charge in [0, 0.05) is 17.4 Å². The van der Waals surface area contributed by atoms with Gasteiger partial charge in [-0.2, -0.15) is 0 Å². The van der Waals surface area contributed by atoms with E-state index in [2.05, 4.69) is 17.6 Å². The number of amides is 1. The average molecular weight is 385 g/mol. The van der Waals surface area contributed by atoms with Crippen LogP contribution in [-0.4, -0.2) is 25.7 Å². The van der Waals surface area contributed by atoms with Crippen LogP contribution in [0.5, 0.6) is 11.5 Å². The number of rotatable bonds is 13. The van der Waals surface area contributed by atoms with E-state index >= 15 is 0 Å². The third-order valence-electron chi connectivity index (χ3n) is 4.25. The van der Waals surface area contributed by atoms with Crippen molar-refractivity contribution in [3.63, 3.8) is 0 Å². The number of nitrogens with one attached hydrogen (secondary N) is 2. The van der Waals surface area contributed by atoms with E-state index in [9.17, 15) is 4.79 Å². The van der Waals surface area contributed by atoms with Gasteiger partial charge >= 0.3 is 0 Å². The Balaban J connectivity index is 1.70. The number of carbonyl (C=O) groups is 1. The third-order valence-corrected chi connectivity index (χ3v) is 4.25. The molecule has 0 heterocycles. The van der Waals surface area contributed by atoms with Crippen LogP contribution >= 0.6 is 0 Å². The molecule has 0 radical (unpaired) electrons. The predicted molar refractivity (Wildman–Crippen MR) is 115 cm³/mol. The lowest BCUT2D eigenvalue weighted by Crippen LogP contribution is -2.21. The van der Waals surface area contributed by atoms with Crippen LogP contribution in [0.25, 0.3) is 0 Å². The lowest BCUT2D eigenvalue weighted by Gasteiger charge is -2.10. The molecule has 5 nitrogen and oxygen atoms in total. The van der Waals surface area contributed by atoms with E-state index in [0.717, 1.165) is 35.9 Å². The molecular weight excluding hydrogens is 352 g/mol. The number of hydrogen-bond acceptors (Lipinski definition) is 4. The molecule has 2 rings (SSSR count). The van der Waals surface area contributed by atoms with Gasteiger partial charge in [0.2, 0.25) is 5.91 Å². The van der Waals surface area contributed by atoms with Gasteiger partial charge < -0.3 is 20.1 Å². The van der Waals surface area contributed by atoms with E-state index in [1.807, 2.05) is 55.5 Å². The first kappa shape index (κ1) is 21.6. The van der Waals surface area contributed by atoms with Crippen LogP contribution < -0.4 is 20.1 Å². The Morgan fingerprint density at radius 1 is 0.857 bits per heavy atom. The maximum Gasteiger partial charge on any atom is 0.243 e. The summed E-state index contributed by atoms with van der Waals surface area (Å²) in [6.45, 7) is 5.69. The molecule has 2 aromatic rings. The zero-order valence-electron chi connectivity index (χ0n) is 17.0. The Hall–Kier alpha value is -2.69. The second-order valence-corrected chi connectivity index (χ2v) is 6.65. The van der Waals surface area contributed by atoms with Gasteiger partial charge in [-0.25, -0.2) is 0 Å². The Kier molecular flexibility index (Phi) is 9.76. The second-order valence-electron chi connectivity index (χ2n) is 6.65. The molecule has 0 spiro atoms. The summed E-state index contributed by atoms with van der Waals surface area (Å²) in [6.07, 6.45) is 6.11. The van der Waals surface area contributed by atoms with Gasteiger partial charge in [-0.15, -0.1) is 0 Å². The molecule has 0 unspecified atom stereocenters. The summed E-state index contributed by atoms with van der Waals surface area (Å²) < 4.78 is 11.2. The summed E-state index contributed by atoms with van der Waals surface area (Å²) in [5.74, 6) is 1.51. The molecular formula is C23H32N2O3. The summed E-state index contributed by atoms with van der Waals surface area (Å²) in [6, 6.07) is 15.1. The smallest absolute Gasteiger partial charge is 0.243 e. The molecule has 2 aromatic carbocycles. The number of benzene rings is 2. The lowest BCUT2D eigenvalue weighted by atomic mass is 10.2. The fourth-order valence-corrected chi connectivity index (χ4v) is 2.78. The normalized spacial score (nSPS) is 10.4. The molecule has 152 valence electrons. The van der Waals surface area contributed by atoms with Crippen molar-refractivity contribution in [3.8, 4) is 11.5 Å². The van der Waals surface area contributed by atoms with Gasteiger partial charge in [0.05, 0.1) is 19.8 Å². The number of ether oxygens (including phenoxy) is 2. The van der Waals surface area contributed by atoms with E-state index in [0.29, 0.717) is 6.61 Å². The van der Waals surface area contributed by atoms with Crippen molar-refractivity contribution in [1.29, 1.82) is 0 Å². The van der Waals surface area contributed by atoms with Crippen LogP contribution in [0.3, 0.4) is 0 Å². The molecule has 28 heavy (non-hydrogen) atoms. The Morgan fingerprint density at radius 2 is 1.64 bits per heavy atom. The van der Waals surface area contributed by atoms with E-state index < -0.39 is 0 Å². The predicted octanol–water partition coefficient (Wildman–Crippen LogP) is 5.49. The quantitative estimate of drug-likeness (QED) is 0.449. The van der Waals surface area contributed by atoms with Crippen molar-refractivity contribution in [3.05, 3.63) is 48.5 Å². The second kappa shape index (κ2) is 12.7. The van der Waals surface area contributed by atoms with Crippen LogP contribution in [0.1, 0.15) is 46.0 Å². The summed E-state index contributed by atoms with van der Waals surface area (Å²) in [7, 11) is 0. The summed E-state index contributed by atoms with van der Waals surface area (Å²) in [4.78, 5) is 12.1. The molecule has 0 aliphatic heterocycles. The summed E-state index contributed by atoms with van der Waals surface area (Å²) >= 11 is 0. The molecule has 0 bridgehead atoms. The van der Waals surface area contributed by atoms with Crippen LogP contribution in [-0.2, 0) is 4.79 Å². The molecule has 1 amide bonds. The highest BCUT2D eigenvalue weighted by Crippen LogP contribution is 2.18. The third kappa shape index (κ3) is 8.33. The first-order valence-electron chi connectivity index (χ1n) is 10.2. The van der Waals surface area contributed by atoms with Crippen molar-refractivity contribution < 1.29 is 14.3 Å².